The SMILES string of the molecule is CC(=O)CC(=O)Nc1ccc(-c2cnco2)cc1. The highest BCUT2D eigenvalue weighted by Gasteiger charge is 2.06. The maximum Gasteiger partial charge on any atom is 0.231 e. The number of carbonyl (C=O) groups excluding carboxylic acids is 2. The Bertz CT molecular complexity index is 544. The van der Waals surface area contributed by atoms with Gasteiger partial charge in [-0.15, -0.1) is 0 Å². The van der Waals surface area contributed by atoms with E-state index >= 15 is 0 Å². The minimum Gasteiger partial charge on any atom is -0.444 e. The molecule has 0 atom stereocenters. The van der Waals surface area contributed by atoms with Crippen molar-refractivity contribution in [1.82, 2.24) is 4.98 Å². The molecule has 92 valence electrons. The van der Waals surface area contributed by atoms with Gasteiger partial charge >= 0.3 is 0 Å². The Labute approximate surface area is 104 Å². The molecule has 0 unspecified atom stereocenters. The van der Waals surface area contributed by atoms with Crippen LogP contribution in [0.5, 0.6) is 0 Å². The van der Waals surface area contributed by atoms with E-state index in [4.69, 9.17) is 4.42 Å². The third kappa shape index (κ3) is 3.04. The van der Waals surface area contributed by atoms with E-state index in [-0.39, 0.29) is 18.1 Å². The first-order valence-corrected chi connectivity index (χ1v) is 5.43. The van der Waals surface area contributed by atoms with Crippen LogP contribution < -0.4 is 5.32 Å². The summed E-state index contributed by atoms with van der Waals surface area (Å²) in [6.45, 7) is 1.38. The van der Waals surface area contributed by atoms with Gasteiger partial charge in [0.1, 0.15) is 5.78 Å². The maximum absolute atomic E-state index is 11.4. The lowest BCUT2D eigenvalue weighted by molar-refractivity contribution is -0.124. The van der Waals surface area contributed by atoms with Crippen molar-refractivity contribution in [3.8, 4) is 11.3 Å². The lowest BCUT2D eigenvalue weighted by atomic mass is 10.1. The molecule has 0 saturated heterocycles. The number of nitrogens with zero attached hydrogens (tertiary/aromatic N) is 1. The predicted octanol–water partition coefficient (Wildman–Crippen LogP) is 2.26. The van der Waals surface area contributed by atoms with Crippen molar-refractivity contribution < 1.29 is 14.0 Å². The van der Waals surface area contributed by atoms with Gasteiger partial charge in [-0.1, -0.05) is 0 Å². The second-order valence-electron chi connectivity index (χ2n) is 3.87. The first-order valence-electron chi connectivity index (χ1n) is 5.43. The van der Waals surface area contributed by atoms with Gasteiger partial charge in [0, 0.05) is 11.3 Å². The fourth-order valence-electron chi connectivity index (χ4n) is 1.51. The summed E-state index contributed by atoms with van der Waals surface area (Å²) in [6, 6.07) is 7.11. The largest absolute Gasteiger partial charge is 0.444 e. The van der Waals surface area contributed by atoms with E-state index in [1.165, 1.54) is 13.3 Å². The summed E-state index contributed by atoms with van der Waals surface area (Å²) < 4.78 is 5.15. The number of aromatic nitrogens is 1. The Morgan fingerprint density at radius 1 is 1.28 bits per heavy atom. The van der Waals surface area contributed by atoms with Crippen molar-refractivity contribution in [2.24, 2.45) is 0 Å². The summed E-state index contributed by atoms with van der Waals surface area (Å²) >= 11 is 0. The standard InChI is InChI=1S/C13H12N2O3/c1-9(16)6-13(17)15-11-4-2-10(3-5-11)12-7-14-8-18-12/h2-5,7-8H,6H2,1H3,(H,15,17). The van der Waals surface area contributed by atoms with Crippen LogP contribution >= 0.6 is 0 Å². The van der Waals surface area contributed by atoms with Crippen molar-refractivity contribution in [1.29, 1.82) is 0 Å². The molecule has 18 heavy (non-hydrogen) atoms. The van der Waals surface area contributed by atoms with Crippen LogP contribution in [0.2, 0.25) is 0 Å². The molecule has 0 bridgehead atoms. The third-order valence-corrected chi connectivity index (χ3v) is 2.29. The number of Topliss-reactive ketones (excluding diaryl/α,β-unsaturated/α-hetero) is 1. The van der Waals surface area contributed by atoms with Crippen LogP contribution in [0.3, 0.4) is 0 Å². The Morgan fingerprint density at radius 3 is 2.56 bits per heavy atom. The van der Waals surface area contributed by atoms with E-state index in [0.29, 0.717) is 11.4 Å². The molecule has 0 saturated carbocycles. The van der Waals surface area contributed by atoms with Crippen LogP contribution in [-0.2, 0) is 9.59 Å². The van der Waals surface area contributed by atoms with Crippen molar-refractivity contribution in [2.45, 2.75) is 13.3 Å². The zero-order chi connectivity index (χ0) is 13.0. The molecule has 0 spiro atoms. The highest BCUT2D eigenvalue weighted by atomic mass is 16.3. The van der Waals surface area contributed by atoms with Crippen molar-refractivity contribution in [3.05, 3.63) is 36.9 Å². The van der Waals surface area contributed by atoms with Crippen LogP contribution in [0, 0.1) is 0 Å². The number of nitrogens with one attached hydrogen (secondary N) is 1. The number of hydrogen-bond donors (Lipinski definition) is 1. The van der Waals surface area contributed by atoms with E-state index in [2.05, 4.69) is 10.3 Å². The van der Waals surface area contributed by atoms with Gasteiger partial charge < -0.3 is 9.73 Å². The molecule has 0 aliphatic heterocycles. The van der Waals surface area contributed by atoms with Crippen molar-refractivity contribution in [2.75, 3.05) is 5.32 Å². The second kappa shape index (κ2) is 5.27. The lowest BCUT2D eigenvalue weighted by Gasteiger charge is -2.04. The lowest BCUT2D eigenvalue weighted by Crippen LogP contribution is -2.14. The Kier molecular flexibility index (Phi) is 3.52. The third-order valence-electron chi connectivity index (χ3n) is 2.29. The zero-order valence-corrected chi connectivity index (χ0v) is 9.84. The highest BCUT2D eigenvalue weighted by Crippen LogP contribution is 2.20. The topological polar surface area (TPSA) is 72.2 Å². The average molecular weight is 244 g/mol. The van der Waals surface area contributed by atoms with Gasteiger partial charge in [-0.3, -0.25) is 9.59 Å². The van der Waals surface area contributed by atoms with Crippen LogP contribution in [0.25, 0.3) is 11.3 Å². The molecule has 2 aromatic rings. The summed E-state index contributed by atoms with van der Waals surface area (Å²) in [5, 5.41) is 2.64. The molecule has 1 aromatic heterocycles. The van der Waals surface area contributed by atoms with Gasteiger partial charge in [0.05, 0.1) is 12.6 Å². The van der Waals surface area contributed by atoms with Crippen LogP contribution in [0.1, 0.15) is 13.3 Å². The molecule has 0 aliphatic rings. The van der Waals surface area contributed by atoms with E-state index in [9.17, 15) is 9.59 Å². The number of anilines is 1. The van der Waals surface area contributed by atoms with E-state index in [1.54, 1.807) is 18.3 Å². The summed E-state index contributed by atoms with van der Waals surface area (Å²) in [4.78, 5) is 26.0. The molecule has 1 amide bonds. The first kappa shape index (κ1) is 12.0. The monoisotopic (exact) mass is 244 g/mol. The summed E-state index contributed by atoms with van der Waals surface area (Å²) in [6.07, 6.45) is 2.87. The number of rotatable bonds is 4. The molecule has 0 aliphatic carbocycles. The maximum atomic E-state index is 11.4. The van der Waals surface area contributed by atoms with E-state index in [0.717, 1.165) is 5.56 Å². The number of amides is 1. The van der Waals surface area contributed by atoms with Gasteiger partial charge in [-0.2, -0.15) is 0 Å². The minimum atomic E-state index is -0.310. The highest BCUT2D eigenvalue weighted by molar-refractivity contribution is 6.03. The minimum absolute atomic E-state index is 0.107. The number of benzene rings is 1. The fraction of sp³-hybridized carbons (Fsp3) is 0.154. The smallest absolute Gasteiger partial charge is 0.231 e. The molecule has 0 radical (unpaired) electrons. The second-order valence-corrected chi connectivity index (χ2v) is 3.87. The molecular weight excluding hydrogens is 232 g/mol. The number of ketones is 1. The number of hydrogen-bond acceptors (Lipinski definition) is 4. The van der Waals surface area contributed by atoms with Gasteiger partial charge in [0.2, 0.25) is 5.91 Å². The normalized spacial score (nSPS) is 10.1. The van der Waals surface area contributed by atoms with Crippen LogP contribution in [0.15, 0.2) is 41.3 Å². The predicted molar refractivity (Wildman–Crippen MR) is 65.9 cm³/mol. The first-order chi connectivity index (χ1) is 8.65. The van der Waals surface area contributed by atoms with Crippen LogP contribution in [0.4, 0.5) is 5.69 Å². The molecule has 1 heterocycles. The molecular formula is C13H12N2O3. The molecule has 1 aromatic carbocycles. The van der Waals surface area contributed by atoms with Crippen molar-refractivity contribution in [3.63, 3.8) is 0 Å². The van der Waals surface area contributed by atoms with E-state index < -0.39 is 0 Å². The van der Waals surface area contributed by atoms with Crippen molar-refractivity contribution >= 4 is 17.4 Å². The van der Waals surface area contributed by atoms with Gasteiger partial charge in [-0.25, -0.2) is 4.98 Å². The summed E-state index contributed by atoms with van der Waals surface area (Å²) in [5.41, 5.74) is 1.52. The molecule has 5 heteroatoms. The van der Waals surface area contributed by atoms with E-state index in [1.807, 2.05) is 12.1 Å². The molecule has 1 N–H and O–H groups in total. The van der Waals surface area contributed by atoms with Gasteiger partial charge in [0.25, 0.3) is 0 Å². The Hall–Kier alpha value is -2.43. The fourth-order valence-corrected chi connectivity index (χ4v) is 1.51. The van der Waals surface area contributed by atoms with Gasteiger partial charge in [0.15, 0.2) is 12.2 Å². The van der Waals surface area contributed by atoms with Crippen LogP contribution in [-0.4, -0.2) is 16.7 Å². The van der Waals surface area contributed by atoms with Gasteiger partial charge in [-0.05, 0) is 31.2 Å². The Balaban J connectivity index is 2.04. The quantitative estimate of drug-likeness (QED) is 0.837. The number of oxazole rings is 1. The summed E-state index contributed by atoms with van der Waals surface area (Å²) in [7, 11) is 0. The zero-order valence-electron chi connectivity index (χ0n) is 9.84. The average Bonchev–Trinajstić information content (AvgIpc) is 2.82. The molecule has 5 nitrogen and oxygen atoms in total. The summed E-state index contributed by atoms with van der Waals surface area (Å²) in [5.74, 6) is 0.192. The molecule has 0 fully saturated rings. The molecule has 2 rings (SSSR count). The Morgan fingerprint density at radius 2 is 2.00 bits per heavy atom. The number of carbonyl (C=O) groups is 2.